The van der Waals surface area contributed by atoms with Gasteiger partial charge in [-0.25, -0.2) is 9.97 Å². The molecule has 0 amide bonds. The van der Waals surface area contributed by atoms with E-state index in [1.807, 2.05) is 39.0 Å². The number of hydrogen-bond acceptors (Lipinski definition) is 5. The molecule has 0 unspecified atom stereocenters. The van der Waals surface area contributed by atoms with Crippen LogP contribution in [0.4, 0.5) is 5.69 Å². The van der Waals surface area contributed by atoms with Gasteiger partial charge in [-0.3, -0.25) is 0 Å². The average Bonchev–Trinajstić information content (AvgIpc) is 2.40. The van der Waals surface area contributed by atoms with Gasteiger partial charge < -0.3 is 5.73 Å². The summed E-state index contributed by atoms with van der Waals surface area (Å²) in [5.74, 6) is 0. The molecular weight excluding hydrogens is 268 g/mol. The van der Waals surface area contributed by atoms with Gasteiger partial charge in [0.05, 0.1) is 12.5 Å². The van der Waals surface area contributed by atoms with Crippen LogP contribution in [0.25, 0.3) is 0 Å². The predicted octanol–water partition coefficient (Wildman–Crippen LogP) is 3.20. The Balaban J connectivity index is 2.31. The van der Waals surface area contributed by atoms with Crippen LogP contribution in [0, 0.1) is 32.1 Å². The summed E-state index contributed by atoms with van der Waals surface area (Å²) in [5.41, 5.74) is 10.4. The van der Waals surface area contributed by atoms with Crippen molar-refractivity contribution in [3.05, 3.63) is 40.7 Å². The maximum absolute atomic E-state index is 8.79. The standard InChI is InChI=1S/C15H16N4S/c1-9-10(2)18-15(19-11(9)3)20-13-4-5-14(17)12(8-13)6-7-16/h4-5,8H,6,17H2,1-3H3. The van der Waals surface area contributed by atoms with Gasteiger partial charge in [-0.05, 0) is 61.9 Å². The van der Waals surface area contributed by atoms with Crippen molar-refractivity contribution in [2.45, 2.75) is 37.2 Å². The van der Waals surface area contributed by atoms with Crippen molar-refractivity contribution >= 4 is 17.4 Å². The number of nitrogens with zero attached hydrogens (tertiary/aromatic N) is 3. The highest BCUT2D eigenvalue weighted by molar-refractivity contribution is 7.99. The Morgan fingerprint density at radius 1 is 1.20 bits per heavy atom. The topological polar surface area (TPSA) is 75.6 Å². The van der Waals surface area contributed by atoms with Crippen LogP contribution in [0.3, 0.4) is 0 Å². The van der Waals surface area contributed by atoms with Crippen molar-refractivity contribution in [3.8, 4) is 6.07 Å². The van der Waals surface area contributed by atoms with Crippen molar-refractivity contribution in [2.75, 3.05) is 5.73 Å². The maximum Gasteiger partial charge on any atom is 0.192 e. The first kappa shape index (κ1) is 14.4. The molecule has 2 aromatic rings. The van der Waals surface area contributed by atoms with Gasteiger partial charge in [0.25, 0.3) is 0 Å². The largest absolute Gasteiger partial charge is 0.398 e. The van der Waals surface area contributed by atoms with Gasteiger partial charge in [0.2, 0.25) is 0 Å². The number of aryl methyl sites for hydroxylation is 2. The first-order valence-corrected chi connectivity index (χ1v) is 7.08. The van der Waals surface area contributed by atoms with E-state index in [1.54, 1.807) is 0 Å². The van der Waals surface area contributed by atoms with Gasteiger partial charge in [0.15, 0.2) is 5.16 Å². The number of rotatable bonds is 3. The predicted molar refractivity (Wildman–Crippen MR) is 80.5 cm³/mol. The summed E-state index contributed by atoms with van der Waals surface area (Å²) in [7, 11) is 0. The molecule has 0 radical (unpaired) electrons. The van der Waals surface area contributed by atoms with Gasteiger partial charge in [-0.1, -0.05) is 0 Å². The number of nitriles is 1. The summed E-state index contributed by atoms with van der Waals surface area (Å²) in [6.07, 6.45) is 0.313. The fourth-order valence-electron chi connectivity index (χ4n) is 1.78. The fraction of sp³-hybridized carbons (Fsp3) is 0.267. The quantitative estimate of drug-likeness (QED) is 0.692. The van der Waals surface area contributed by atoms with Crippen molar-refractivity contribution < 1.29 is 0 Å². The van der Waals surface area contributed by atoms with E-state index in [9.17, 15) is 0 Å². The smallest absolute Gasteiger partial charge is 0.192 e. The van der Waals surface area contributed by atoms with Crippen LogP contribution >= 0.6 is 11.8 Å². The van der Waals surface area contributed by atoms with E-state index in [-0.39, 0.29) is 0 Å². The molecule has 0 aliphatic rings. The van der Waals surface area contributed by atoms with E-state index in [0.29, 0.717) is 12.1 Å². The molecular formula is C15H16N4S. The Labute approximate surface area is 123 Å². The van der Waals surface area contributed by atoms with E-state index in [2.05, 4.69) is 16.0 Å². The van der Waals surface area contributed by atoms with Gasteiger partial charge in [0.1, 0.15) is 0 Å². The van der Waals surface area contributed by atoms with E-state index in [4.69, 9.17) is 11.0 Å². The summed E-state index contributed by atoms with van der Waals surface area (Å²) in [6, 6.07) is 7.80. The Hall–Kier alpha value is -2.06. The third kappa shape index (κ3) is 3.09. The molecule has 102 valence electrons. The van der Waals surface area contributed by atoms with Crippen LogP contribution in [-0.4, -0.2) is 9.97 Å². The first-order chi connectivity index (χ1) is 9.51. The summed E-state index contributed by atoms with van der Waals surface area (Å²) in [4.78, 5) is 9.96. The van der Waals surface area contributed by atoms with E-state index in [1.165, 1.54) is 11.8 Å². The van der Waals surface area contributed by atoms with Gasteiger partial charge in [-0.15, -0.1) is 0 Å². The van der Waals surface area contributed by atoms with E-state index < -0.39 is 0 Å². The lowest BCUT2D eigenvalue weighted by molar-refractivity contribution is 0.881. The minimum absolute atomic E-state index is 0.313. The molecule has 2 N–H and O–H groups in total. The zero-order valence-corrected chi connectivity index (χ0v) is 12.6. The van der Waals surface area contributed by atoms with Gasteiger partial charge in [-0.2, -0.15) is 5.26 Å². The molecule has 4 nitrogen and oxygen atoms in total. The lowest BCUT2D eigenvalue weighted by atomic mass is 10.1. The van der Waals surface area contributed by atoms with Crippen molar-refractivity contribution in [2.24, 2.45) is 0 Å². The van der Waals surface area contributed by atoms with Crippen LogP contribution in [0.15, 0.2) is 28.3 Å². The van der Waals surface area contributed by atoms with Crippen LogP contribution < -0.4 is 5.73 Å². The second-order valence-electron chi connectivity index (χ2n) is 4.60. The molecule has 1 heterocycles. The minimum Gasteiger partial charge on any atom is -0.398 e. The normalized spacial score (nSPS) is 10.3. The maximum atomic E-state index is 8.79. The highest BCUT2D eigenvalue weighted by Crippen LogP contribution is 2.28. The zero-order chi connectivity index (χ0) is 14.7. The molecule has 0 atom stereocenters. The molecule has 1 aromatic heterocycles. The Morgan fingerprint density at radius 3 is 2.45 bits per heavy atom. The van der Waals surface area contributed by atoms with Crippen molar-refractivity contribution in [1.29, 1.82) is 5.26 Å². The third-order valence-corrected chi connectivity index (χ3v) is 4.06. The first-order valence-electron chi connectivity index (χ1n) is 6.26. The SMILES string of the molecule is Cc1nc(Sc2ccc(N)c(CC#N)c2)nc(C)c1C. The molecule has 0 saturated carbocycles. The van der Waals surface area contributed by atoms with Crippen LogP contribution in [0.5, 0.6) is 0 Å². The second-order valence-corrected chi connectivity index (χ2v) is 5.64. The summed E-state index contributed by atoms with van der Waals surface area (Å²) >= 11 is 1.49. The van der Waals surface area contributed by atoms with Crippen LogP contribution in [0.1, 0.15) is 22.5 Å². The van der Waals surface area contributed by atoms with Gasteiger partial charge >= 0.3 is 0 Å². The molecule has 0 saturated heterocycles. The molecule has 5 heteroatoms. The van der Waals surface area contributed by atoms with Crippen molar-refractivity contribution in [1.82, 2.24) is 9.97 Å². The number of aromatic nitrogens is 2. The molecule has 0 spiro atoms. The number of nitrogen functional groups attached to an aromatic ring is 1. The van der Waals surface area contributed by atoms with Crippen molar-refractivity contribution in [3.63, 3.8) is 0 Å². The van der Waals surface area contributed by atoms with Crippen LogP contribution in [0.2, 0.25) is 0 Å². The monoisotopic (exact) mass is 284 g/mol. The summed E-state index contributed by atoms with van der Waals surface area (Å²) in [5, 5.41) is 9.51. The lowest BCUT2D eigenvalue weighted by Crippen LogP contribution is -1.98. The highest BCUT2D eigenvalue weighted by Gasteiger charge is 2.08. The average molecular weight is 284 g/mol. The zero-order valence-electron chi connectivity index (χ0n) is 11.8. The minimum atomic E-state index is 0.313. The lowest BCUT2D eigenvalue weighted by Gasteiger charge is -2.08. The van der Waals surface area contributed by atoms with Crippen LogP contribution in [-0.2, 0) is 6.42 Å². The second kappa shape index (κ2) is 5.93. The summed E-state index contributed by atoms with van der Waals surface area (Å²) in [6.45, 7) is 5.99. The third-order valence-electron chi connectivity index (χ3n) is 3.21. The Bertz CT molecular complexity index is 666. The number of benzene rings is 1. The molecule has 0 aliphatic carbocycles. The van der Waals surface area contributed by atoms with Gasteiger partial charge in [0, 0.05) is 22.0 Å². The molecule has 0 bridgehead atoms. The van der Waals surface area contributed by atoms with E-state index >= 15 is 0 Å². The Kier molecular flexibility index (Phi) is 4.26. The molecule has 0 fully saturated rings. The molecule has 0 aliphatic heterocycles. The molecule has 2 rings (SSSR count). The Morgan fingerprint density at radius 2 is 1.85 bits per heavy atom. The summed E-state index contributed by atoms with van der Waals surface area (Å²) < 4.78 is 0. The number of anilines is 1. The molecule has 20 heavy (non-hydrogen) atoms. The fourth-order valence-corrected chi connectivity index (χ4v) is 2.69. The highest BCUT2D eigenvalue weighted by atomic mass is 32.2. The molecule has 1 aromatic carbocycles. The number of nitrogens with two attached hydrogens (primary N) is 1. The number of hydrogen-bond donors (Lipinski definition) is 1. The van der Waals surface area contributed by atoms with E-state index in [0.717, 1.165) is 32.6 Å².